The summed E-state index contributed by atoms with van der Waals surface area (Å²) in [5.74, 6) is -1.97. The molecule has 2 N–H and O–H groups in total. The average molecular weight is 459 g/mol. The number of nitrogens with one attached hydrogen (secondary N) is 2. The number of esters is 1. The molecule has 4 atom stereocenters. The van der Waals surface area contributed by atoms with Gasteiger partial charge in [0.1, 0.15) is 11.8 Å². The molecule has 164 valence electrons. The molecular weight excluding hydrogens is 432 g/mol. The fraction of sp³-hybridized carbons (Fsp3) is 0.522. The standard InChI is InChI=1S/C23H26N2O4S2/c1-2-29-23(28)21-19(17(31)11-25-21)22(27)20-18(16(30)10-24-20)15(26)9-12-7-13-5-3-4-6-14(13)8-12/h3-6,12,18-21,24-25H,2,7-11H2,1H3/t18?,19?,20-,21-/m0/s1. The summed E-state index contributed by atoms with van der Waals surface area (Å²) in [5, 5.41) is 6.10. The van der Waals surface area contributed by atoms with Gasteiger partial charge in [-0.2, -0.15) is 0 Å². The largest absolute Gasteiger partial charge is 0.465 e. The maximum absolute atomic E-state index is 13.4. The van der Waals surface area contributed by atoms with E-state index in [2.05, 4.69) is 22.8 Å². The van der Waals surface area contributed by atoms with Crippen LogP contribution in [0.15, 0.2) is 24.3 Å². The highest BCUT2D eigenvalue weighted by Crippen LogP contribution is 2.32. The second-order valence-corrected chi connectivity index (χ2v) is 9.52. The van der Waals surface area contributed by atoms with Gasteiger partial charge < -0.3 is 10.1 Å². The Kier molecular flexibility index (Phi) is 6.71. The van der Waals surface area contributed by atoms with E-state index in [0.29, 0.717) is 29.2 Å². The number of benzene rings is 1. The lowest BCUT2D eigenvalue weighted by Crippen LogP contribution is -2.49. The van der Waals surface area contributed by atoms with Crippen molar-refractivity contribution in [1.82, 2.24) is 10.6 Å². The van der Waals surface area contributed by atoms with Crippen LogP contribution in [0, 0.1) is 17.8 Å². The van der Waals surface area contributed by atoms with E-state index in [1.54, 1.807) is 6.92 Å². The van der Waals surface area contributed by atoms with Crippen LogP contribution in [0.1, 0.15) is 24.5 Å². The van der Waals surface area contributed by atoms with E-state index >= 15 is 0 Å². The maximum atomic E-state index is 13.4. The van der Waals surface area contributed by atoms with Crippen LogP contribution in [-0.2, 0) is 32.0 Å². The monoisotopic (exact) mass is 458 g/mol. The van der Waals surface area contributed by atoms with Gasteiger partial charge in [0, 0.05) is 29.2 Å². The first kappa shape index (κ1) is 22.3. The Morgan fingerprint density at radius 2 is 1.55 bits per heavy atom. The summed E-state index contributed by atoms with van der Waals surface area (Å²) in [6.07, 6.45) is 2.13. The quantitative estimate of drug-likeness (QED) is 0.469. The van der Waals surface area contributed by atoms with Crippen LogP contribution in [0.4, 0.5) is 0 Å². The highest BCUT2D eigenvalue weighted by Gasteiger charge is 2.49. The molecule has 2 heterocycles. The zero-order valence-corrected chi connectivity index (χ0v) is 19.0. The summed E-state index contributed by atoms with van der Waals surface area (Å²) in [4.78, 5) is 40.1. The third-order valence-electron chi connectivity index (χ3n) is 6.48. The number of fused-ring (bicyclic) bond motifs is 1. The van der Waals surface area contributed by atoms with Crippen molar-refractivity contribution in [3.05, 3.63) is 35.4 Å². The molecule has 0 amide bonds. The maximum Gasteiger partial charge on any atom is 0.324 e. The average Bonchev–Trinajstić information content (AvgIpc) is 3.43. The Hall–Kier alpha value is -1.87. The number of thiocarbonyl (C=S) groups is 2. The first-order chi connectivity index (χ1) is 14.9. The Morgan fingerprint density at radius 1 is 0.968 bits per heavy atom. The van der Waals surface area contributed by atoms with Gasteiger partial charge in [0.15, 0.2) is 5.78 Å². The molecule has 1 aromatic carbocycles. The molecule has 0 radical (unpaired) electrons. The minimum absolute atomic E-state index is 0.00397. The molecule has 2 saturated heterocycles. The Morgan fingerprint density at radius 3 is 2.16 bits per heavy atom. The minimum atomic E-state index is -0.809. The van der Waals surface area contributed by atoms with Crippen LogP contribution in [0.5, 0.6) is 0 Å². The Labute approximate surface area is 192 Å². The summed E-state index contributed by atoms with van der Waals surface area (Å²) in [5.41, 5.74) is 2.58. The molecule has 2 unspecified atom stereocenters. The van der Waals surface area contributed by atoms with E-state index in [4.69, 9.17) is 29.2 Å². The van der Waals surface area contributed by atoms with Crippen molar-refractivity contribution in [3.8, 4) is 0 Å². The number of hydrogen-bond donors (Lipinski definition) is 2. The molecule has 0 aromatic heterocycles. The van der Waals surface area contributed by atoms with Crippen molar-refractivity contribution in [2.45, 2.75) is 38.3 Å². The van der Waals surface area contributed by atoms with Gasteiger partial charge in [-0.3, -0.25) is 19.7 Å². The second-order valence-electron chi connectivity index (χ2n) is 8.47. The van der Waals surface area contributed by atoms with Crippen molar-refractivity contribution < 1.29 is 19.1 Å². The van der Waals surface area contributed by atoms with E-state index in [0.717, 1.165) is 12.8 Å². The van der Waals surface area contributed by atoms with Crippen molar-refractivity contribution in [2.24, 2.45) is 17.8 Å². The Bertz CT molecular complexity index is 922. The molecule has 2 fully saturated rings. The molecule has 1 aliphatic carbocycles. The third kappa shape index (κ3) is 4.39. The number of Topliss-reactive ketones (excluding diaryl/α,β-unsaturated/α-hetero) is 2. The lowest BCUT2D eigenvalue weighted by atomic mass is 9.82. The number of ether oxygens (including phenoxy) is 1. The highest BCUT2D eigenvalue weighted by molar-refractivity contribution is 7.80. The van der Waals surface area contributed by atoms with Gasteiger partial charge in [-0.15, -0.1) is 0 Å². The zero-order valence-electron chi connectivity index (χ0n) is 17.4. The van der Waals surface area contributed by atoms with Gasteiger partial charge in [0.2, 0.25) is 0 Å². The number of rotatable bonds is 7. The van der Waals surface area contributed by atoms with Crippen LogP contribution in [0.3, 0.4) is 0 Å². The van der Waals surface area contributed by atoms with E-state index in [-0.39, 0.29) is 24.1 Å². The third-order valence-corrected chi connectivity index (χ3v) is 7.28. The molecule has 3 aliphatic rings. The van der Waals surface area contributed by atoms with Crippen molar-refractivity contribution >= 4 is 51.7 Å². The molecule has 6 nitrogen and oxygen atoms in total. The van der Waals surface area contributed by atoms with Crippen LogP contribution in [0.25, 0.3) is 0 Å². The van der Waals surface area contributed by atoms with Crippen molar-refractivity contribution in [2.75, 3.05) is 19.7 Å². The van der Waals surface area contributed by atoms with Gasteiger partial charge >= 0.3 is 5.97 Å². The number of ketones is 2. The van der Waals surface area contributed by atoms with Crippen LogP contribution in [0.2, 0.25) is 0 Å². The first-order valence-corrected chi connectivity index (χ1v) is 11.5. The number of hydrogen-bond acceptors (Lipinski definition) is 8. The normalized spacial score (nSPS) is 28.0. The number of carbonyl (C=O) groups excluding carboxylic acids is 3. The van der Waals surface area contributed by atoms with Gasteiger partial charge in [0.05, 0.1) is 24.5 Å². The summed E-state index contributed by atoms with van der Waals surface area (Å²) in [6.45, 7) is 2.58. The molecule has 0 bridgehead atoms. The van der Waals surface area contributed by atoms with Gasteiger partial charge in [0.25, 0.3) is 0 Å². The van der Waals surface area contributed by atoms with Crippen molar-refractivity contribution in [3.63, 3.8) is 0 Å². The molecule has 1 aromatic rings. The first-order valence-electron chi connectivity index (χ1n) is 10.7. The van der Waals surface area contributed by atoms with Crippen LogP contribution < -0.4 is 10.6 Å². The van der Waals surface area contributed by atoms with Crippen LogP contribution >= 0.6 is 24.4 Å². The van der Waals surface area contributed by atoms with E-state index in [1.807, 2.05) is 12.1 Å². The molecule has 0 spiro atoms. The molecule has 31 heavy (non-hydrogen) atoms. The fourth-order valence-electron chi connectivity index (χ4n) is 5.05. The molecular formula is C23H26N2O4S2. The topological polar surface area (TPSA) is 84.5 Å². The zero-order chi connectivity index (χ0) is 22.1. The van der Waals surface area contributed by atoms with E-state index in [9.17, 15) is 14.4 Å². The van der Waals surface area contributed by atoms with E-state index in [1.165, 1.54) is 11.1 Å². The fourth-order valence-corrected chi connectivity index (χ4v) is 5.74. The predicted octanol–water partition coefficient (Wildman–Crippen LogP) is 1.41. The minimum Gasteiger partial charge on any atom is -0.465 e. The van der Waals surface area contributed by atoms with E-state index < -0.39 is 29.9 Å². The highest BCUT2D eigenvalue weighted by atomic mass is 32.1. The smallest absolute Gasteiger partial charge is 0.324 e. The van der Waals surface area contributed by atoms with Gasteiger partial charge in [-0.1, -0.05) is 48.7 Å². The lowest BCUT2D eigenvalue weighted by Gasteiger charge is -2.24. The lowest BCUT2D eigenvalue weighted by molar-refractivity contribution is -0.147. The second kappa shape index (κ2) is 9.32. The summed E-state index contributed by atoms with van der Waals surface area (Å²) >= 11 is 10.9. The SMILES string of the molecule is CCOC(=O)[C@H]1NCC(=S)C1C(=O)[C@H]1NCC(=S)C1C(=O)CC1Cc2ccccc2C1. The summed E-state index contributed by atoms with van der Waals surface area (Å²) in [6, 6.07) is 6.70. The Balaban J connectivity index is 1.47. The number of carbonyl (C=O) groups is 3. The molecule has 4 rings (SSSR count). The summed E-state index contributed by atoms with van der Waals surface area (Å²) < 4.78 is 5.11. The van der Waals surface area contributed by atoms with Gasteiger partial charge in [-0.25, -0.2) is 0 Å². The van der Waals surface area contributed by atoms with Crippen molar-refractivity contribution in [1.29, 1.82) is 0 Å². The van der Waals surface area contributed by atoms with Gasteiger partial charge in [-0.05, 0) is 36.8 Å². The predicted molar refractivity (Wildman–Crippen MR) is 124 cm³/mol. The van der Waals surface area contributed by atoms with Crippen LogP contribution in [-0.4, -0.2) is 59.0 Å². The summed E-state index contributed by atoms with van der Waals surface area (Å²) in [7, 11) is 0. The molecule has 0 saturated carbocycles. The molecule has 8 heteroatoms. The molecule has 2 aliphatic heterocycles.